The van der Waals surface area contributed by atoms with Gasteiger partial charge in [-0.1, -0.05) is 0 Å². The standard InChI is InChI=1S/C13H20N2S/c1-10(14)9-15(2)12-5-6-13-11(8-12)4-3-7-16-13/h5-6,8,10H,3-4,7,9,14H2,1-2H3. The summed E-state index contributed by atoms with van der Waals surface area (Å²) in [5.74, 6) is 1.27. The Morgan fingerprint density at radius 3 is 3.06 bits per heavy atom. The third kappa shape index (κ3) is 2.71. The van der Waals surface area contributed by atoms with E-state index in [0.29, 0.717) is 0 Å². The average Bonchev–Trinajstić information content (AvgIpc) is 2.27. The second kappa shape index (κ2) is 5.11. The molecule has 0 aromatic heterocycles. The van der Waals surface area contributed by atoms with Gasteiger partial charge in [-0.25, -0.2) is 0 Å². The minimum atomic E-state index is 0.218. The molecule has 2 nitrogen and oxygen atoms in total. The number of rotatable bonds is 3. The molecule has 1 aromatic carbocycles. The van der Waals surface area contributed by atoms with Crippen LogP contribution in [0.5, 0.6) is 0 Å². The Bertz CT molecular complexity index is 363. The highest BCUT2D eigenvalue weighted by atomic mass is 32.2. The summed E-state index contributed by atoms with van der Waals surface area (Å²) >= 11 is 1.98. The topological polar surface area (TPSA) is 29.3 Å². The molecule has 1 unspecified atom stereocenters. The van der Waals surface area contributed by atoms with Gasteiger partial charge in [0.05, 0.1) is 0 Å². The number of hydrogen-bond acceptors (Lipinski definition) is 3. The number of fused-ring (bicyclic) bond motifs is 1. The highest BCUT2D eigenvalue weighted by Gasteiger charge is 2.11. The van der Waals surface area contributed by atoms with Crippen molar-refractivity contribution in [2.75, 3.05) is 24.2 Å². The quantitative estimate of drug-likeness (QED) is 0.874. The largest absolute Gasteiger partial charge is 0.373 e. The van der Waals surface area contributed by atoms with Crippen LogP contribution in [0.4, 0.5) is 5.69 Å². The van der Waals surface area contributed by atoms with Crippen LogP contribution in [0.1, 0.15) is 18.9 Å². The van der Waals surface area contributed by atoms with E-state index in [1.807, 2.05) is 18.7 Å². The van der Waals surface area contributed by atoms with Crippen molar-refractivity contribution in [3.63, 3.8) is 0 Å². The van der Waals surface area contributed by atoms with Crippen LogP contribution in [0, 0.1) is 0 Å². The minimum absolute atomic E-state index is 0.218. The second-order valence-electron chi connectivity index (χ2n) is 4.60. The number of nitrogens with two attached hydrogens (primary N) is 1. The maximum Gasteiger partial charge on any atom is 0.0367 e. The summed E-state index contributed by atoms with van der Waals surface area (Å²) in [4.78, 5) is 3.70. The van der Waals surface area contributed by atoms with Crippen LogP contribution in [0.2, 0.25) is 0 Å². The van der Waals surface area contributed by atoms with Crippen LogP contribution in [0.25, 0.3) is 0 Å². The lowest BCUT2D eigenvalue weighted by Crippen LogP contribution is -2.32. The molecule has 2 N–H and O–H groups in total. The minimum Gasteiger partial charge on any atom is -0.373 e. The molecule has 1 heterocycles. The molecule has 16 heavy (non-hydrogen) atoms. The number of likely N-dealkylation sites (N-methyl/N-ethyl adjacent to an activating group) is 1. The molecule has 0 aliphatic carbocycles. The van der Waals surface area contributed by atoms with Crippen LogP contribution in [0.15, 0.2) is 23.1 Å². The van der Waals surface area contributed by atoms with Gasteiger partial charge in [0.15, 0.2) is 0 Å². The van der Waals surface area contributed by atoms with Crippen LogP contribution >= 0.6 is 11.8 Å². The number of thioether (sulfide) groups is 1. The number of aryl methyl sites for hydroxylation is 1. The van der Waals surface area contributed by atoms with Crippen molar-refractivity contribution in [2.45, 2.75) is 30.7 Å². The molecule has 3 heteroatoms. The van der Waals surface area contributed by atoms with E-state index in [1.54, 1.807) is 0 Å². The summed E-state index contributed by atoms with van der Waals surface area (Å²) in [6.45, 7) is 2.96. The molecule has 1 atom stereocenters. The SMILES string of the molecule is CC(N)CN(C)c1ccc2c(c1)CCCS2. The van der Waals surface area contributed by atoms with Crippen molar-refractivity contribution >= 4 is 17.4 Å². The zero-order valence-electron chi connectivity index (χ0n) is 10.1. The Hall–Kier alpha value is -0.670. The third-order valence-corrected chi connectivity index (χ3v) is 4.10. The highest BCUT2D eigenvalue weighted by Crippen LogP contribution is 2.32. The molecule has 2 rings (SSSR count). The fourth-order valence-corrected chi connectivity index (χ4v) is 3.14. The number of hydrogen-bond donors (Lipinski definition) is 1. The Morgan fingerprint density at radius 1 is 1.50 bits per heavy atom. The predicted octanol–water partition coefficient (Wildman–Crippen LogP) is 2.51. The van der Waals surface area contributed by atoms with Gasteiger partial charge in [-0.05, 0) is 49.3 Å². The van der Waals surface area contributed by atoms with Gasteiger partial charge in [-0.15, -0.1) is 11.8 Å². The van der Waals surface area contributed by atoms with Gasteiger partial charge in [0.1, 0.15) is 0 Å². The van der Waals surface area contributed by atoms with E-state index >= 15 is 0 Å². The molecule has 0 amide bonds. The summed E-state index contributed by atoms with van der Waals surface area (Å²) in [5.41, 5.74) is 8.62. The van der Waals surface area contributed by atoms with E-state index in [2.05, 4.69) is 30.1 Å². The van der Waals surface area contributed by atoms with Gasteiger partial charge in [-0.3, -0.25) is 0 Å². The molecule has 1 aliphatic rings. The first-order valence-corrected chi connectivity index (χ1v) is 6.88. The van der Waals surface area contributed by atoms with Gasteiger partial charge in [0, 0.05) is 30.2 Å². The first-order valence-electron chi connectivity index (χ1n) is 5.89. The van der Waals surface area contributed by atoms with Crippen molar-refractivity contribution in [3.05, 3.63) is 23.8 Å². The Balaban J connectivity index is 2.16. The van der Waals surface area contributed by atoms with Crippen molar-refractivity contribution in [3.8, 4) is 0 Å². The molecule has 1 aliphatic heterocycles. The molecule has 0 saturated carbocycles. The van der Waals surface area contributed by atoms with Gasteiger partial charge in [-0.2, -0.15) is 0 Å². The molecule has 1 aromatic rings. The van der Waals surface area contributed by atoms with Crippen molar-refractivity contribution in [2.24, 2.45) is 5.73 Å². The number of nitrogens with zero attached hydrogens (tertiary/aromatic N) is 1. The number of benzene rings is 1. The van der Waals surface area contributed by atoms with E-state index in [9.17, 15) is 0 Å². The van der Waals surface area contributed by atoms with Crippen molar-refractivity contribution < 1.29 is 0 Å². The molecular formula is C13H20N2S. The molecule has 0 saturated heterocycles. The van der Waals surface area contributed by atoms with Crippen molar-refractivity contribution in [1.29, 1.82) is 0 Å². The van der Waals surface area contributed by atoms with E-state index in [-0.39, 0.29) is 6.04 Å². The predicted molar refractivity (Wildman–Crippen MR) is 72.4 cm³/mol. The van der Waals surface area contributed by atoms with Gasteiger partial charge in [0.25, 0.3) is 0 Å². The number of anilines is 1. The third-order valence-electron chi connectivity index (χ3n) is 2.89. The van der Waals surface area contributed by atoms with E-state index < -0.39 is 0 Å². The lowest BCUT2D eigenvalue weighted by Gasteiger charge is -2.24. The first kappa shape index (κ1) is 11.8. The summed E-state index contributed by atoms with van der Waals surface area (Å²) in [6, 6.07) is 7.01. The average molecular weight is 236 g/mol. The summed E-state index contributed by atoms with van der Waals surface area (Å²) in [7, 11) is 2.11. The molecule has 88 valence electrons. The highest BCUT2D eigenvalue weighted by molar-refractivity contribution is 7.99. The molecule has 0 bridgehead atoms. The maximum absolute atomic E-state index is 5.82. The molecule has 0 radical (unpaired) electrons. The van der Waals surface area contributed by atoms with Gasteiger partial charge in [0.2, 0.25) is 0 Å². The summed E-state index contributed by atoms with van der Waals surface area (Å²) in [6.07, 6.45) is 2.53. The molecular weight excluding hydrogens is 216 g/mol. The van der Waals surface area contributed by atoms with Gasteiger partial charge >= 0.3 is 0 Å². The van der Waals surface area contributed by atoms with E-state index in [0.717, 1.165) is 6.54 Å². The normalized spacial score (nSPS) is 16.7. The Kier molecular flexibility index (Phi) is 3.77. The fraction of sp³-hybridized carbons (Fsp3) is 0.538. The Morgan fingerprint density at radius 2 is 2.31 bits per heavy atom. The zero-order chi connectivity index (χ0) is 11.5. The zero-order valence-corrected chi connectivity index (χ0v) is 10.9. The van der Waals surface area contributed by atoms with Crippen LogP contribution in [-0.4, -0.2) is 25.4 Å². The molecule has 0 spiro atoms. The molecule has 0 fully saturated rings. The van der Waals surface area contributed by atoms with E-state index in [4.69, 9.17) is 5.73 Å². The van der Waals surface area contributed by atoms with Crippen LogP contribution in [0.3, 0.4) is 0 Å². The monoisotopic (exact) mass is 236 g/mol. The summed E-state index contributed by atoms with van der Waals surface area (Å²) < 4.78 is 0. The fourth-order valence-electron chi connectivity index (χ4n) is 2.12. The first-order chi connectivity index (χ1) is 7.66. The Labute approximate surface area is 102 Å². The van der Waals surface area contributed by atoms with Crippen LogP contribution in [-0.2, 0) is 6.42 Å². The van der Waals surface area contributed by atoms with Crippen LogP contribution < -0.4 is 10.6 Å². The smallest absolute Gasteiger partial charge is 0.0367 e. The van der Waals surface area contributed by atoms with E-state index in [1.165, 1.54) is 34.7 Å². The second-order valence-corrected chi connectivity index (χ2v) is 5.74. The van der Waals surface area contributed by atoms with Gasteiger partial charge < -0.3 is 10.6 Å². The summed E-state index contributed by atoms with van der Waals surface area (Å²) in [5, 5.41) is 0. The lowest BCUT2D eigenvalue weighted by atomic mass is 10.1. The lowest BCUT2D eigenvalue weighted by molar-refractivity contribution is 0.716. The van der Waals surface area contributed by atoms with Crippen molar-refractivity contribution in [1.82, 2.24) is 0 Å². The maximum atomic E-state index is 5.82.